The highest BCUT2D eigenvalue weighted by molar-refractivity contribution is 6.28. The Labute approximate surface area is 99.9 Å². The number of aromatic nitrogens is 2. The molecule has 90 valence electrons. The van der Waals surface area contributed by atoms with Crippen LogP contribution in [0.3, 0.4) is 0 Å². The number of rotatable bonds is 6. The second kappa shape index (κ2) is 6.50. The molecule has 0 bridgehead atoms. The van der Waals surface area contributed by atoms with Gasteiger partial charge in [-0.05, 0) is 17.5 Å². The lowest BCUT2D eigenvalue weighted by atomic mass is 10.2. The zero-order chi connectivity index (χ0) is 12.0. The van der Waals surface area contributed by atoms with Crippen LogP contribution in [-0.2, 0) is 4.74 Å². The largest absolute Gasteiger partial charge is 0.474 e. The van der Waals surface area contributed by atoms with E-state index in [4.69, 9.17) is 26.8 Å². The van der Waals surface area contributed by atoms with Gasteiger partial charge in [0.25, 0.3) is 0 Å². The van der Waals surface area contributed by atoms with Gasteiger partial charge in [0.2, 0.25) is 11.2 Å². The molecule has 0 saturated carbocycles. The molecule has 0 aliphatic rings. The van der Waals surface area contributed by atoms with Crippen LogP contribution in [0.25, 0.3) is 0 Å². The Morgan fingerprint density at radius 2 is 2.19 bits per heavy atom. The van der Waals surface area contributed by atoms with Gasteiger partial charge in [0.1, 0.15) is 12.3 Å². The van der Waals surface area contributed by atoms with Crippen LogP contribution in [0.15, 0.2) is 6.20 Å². The Kier molecular flexibility index (Phi) is 5.28. The number of hydrogen-bond donors (Lipinski definition) is 1. The fourth-order valence-corrected chi connectivity index (χ4v) is 1.11. The molecule has 0 saturated heterocycles. The molecule has 1 aromatic heterocycles. The lowest BCUT2D eigenvalue weighted by Gasteiger charge is -2.09. The first-order valence-corrected chi connectivity index (χ1v) is 5.46. The van der Waals surface area contributed by atoms with Crippen molar-refractivity contribution < 1.29 is 9.47 Å². The molecule has 0 atom stereocenters. The van der Waals surface area contributed by atoms with Crippen LogP contribution in [-0.4, -0.2) is 29.8 Å². The van der Waals surface area contributed by atoms with Gasteiger partial charge in [0.15, 0.2) is 0 Å². The van der Waals surface area contributed by atoms with Crippen molar-refractivity contribution >= 4 is 17.3 Å². The molecule has 0 radical (unpaired) electrons. The van der Waals surface area contributed by atoms with Crippen LogP contribution >= 0.6 is 11.6 Å². The van der Waals surface area contributed by atoms with Crippen LogP contribution in [0.2, 0.25) is 5.28 Å². The van der Waals surface area contributed by atoms with E-state index in [2.05, 4.69) is 23.8 Å². The molecule has 16 heavy (non-hydrogen) atoms. The average molecular weight is 246 g/mol. The van der Waals surface area contributed by atoms with Gasteiger partial charge in [-0.1, -0.05) is 13.8 Å². The van der Waals surface area contributed by atoms with E-state index >= 15 is 0 Å². The van der Waals surface area contributed by atoms with E-state index in [0.717, 1.165) is 0 Å². The third-order valence-corrected chi connectivity index (χ3v) is 1.85. The third-order valence-electron chi connectivity index (χ3n) is 1.67. The molecule has 6 heteroatoms. The fourth-order valence-electron chi connectivity index (χ4n) is 0.987. The van der Waals surface area contributed by atoms with Crippen molar-refractivity contribution in [3.8, 4) is 5.88 Å². The van der Waals surface area contributed by atoms with Gasteiger partial charge in [-0.3, -0.25) is 0 Å². The number of hydrogen-bond acceptors (Lipinski definition) is 5. The average Bonchev–Trinajstić information content (AvgIpc) is 2.22. The summed E-state index contributed by atoms with van der Waals surface area (Å²) in [4.78, 5) is 7.58. The van der Waals surface area contributed by atoms with Crippen molar-refractivity contribution in [2.75, 3.05) is 25.6 Å². The van der Waals surface area contributed by atoms with Gasteiger partial charge in [-0.15, -0.1) is 0 Å². The third kappa shape index (κ3) is 4.63. The first kappa shape index (κ1) is 13.0. The predicted octanol–water partition coefficient (Wildman–Crippen LogP) is 1.76. The minimum atomic E-state index is 0.118. The van der Waals surface area contributed by atoms with Gasteiger partial charge >= 0.3 is 0 Å². The lowest BCUT2D eigenvalue weighted by molar-refractivity contribution is 0.0808. The summed E-state index contributed by atoms with van der Waals surface area (Å²) in [6, 6.07) is 0. The molecule has 2 N–H and O–H groups in total. The fraction of sp³-hybridized carbons (Fsp3) is 0.600. The van der Waals surface area contributed by atoms with Crippen LogP contribution in [0.5, 0.6) is 5.88 Å². The van der Waals surface area contributed by atoms with E-state index in [0.29, 0.717) is 37.3 Å². The summed E-state index contributed by atoms with van der Waals surface area (Å²) in [6.07, 6.45) is 1.42. The van der Waals surface area contributed by atoms with Crippen molar-refractivity contribution in [1.29, 1.82) is 0 Å². The molecule has 0 amide bonds. The number of nitrogens with two attached hydrogens (primary N) is 1. The zero-order valence-electron chi connectivity index (χ0n) is 9.44. The molecule has 0 unspecified atom stereocenters. The van der Waals surface area contributed by atoms with Crippen molar-refractivity contribution in [1.82, 2.24) is 9.97 Å². The van der Waals surface area contributed by atoms with Crippen LogP contribution in [0, 0.1) is 5.92 Å². The van der Waals surface area contributed by atoms with Gasteiger partial charge < -0.3 is 15.2 Å². The summed E-state index contributed by atoms with van der Waals surface area (Å²) in [7, 11) is 0. The summed E-state index contributed by atoms with van der Waals surface area (Å²) in [6.45, 7) is 5.78. The van der Waals surface area contributed by atoms with Crippen molar-refractivity contribution in [2.45, 2.75) is 13.8 Å². The second-order valence-electron chi connectivity index (χ2n) is 3.72. The smallest absolute Gasteiger partial charge is 0.241 e. The molecule has 5 nitrogen and oxygen atoms in total. The Morgan fingerprint density at radius 1 is 1.44 bits per heavy atom. The highest BCUT2D eigenvalue weighted by atomic mass is 35.5. The summed E-state index contributed by atoms with van der Waals surface area (Å²) in [5, 5.41) is 0.118. The topological polar surface area (TPSA) is 70.3 Å². The molecule has 0 spiro atoms. The number of halogens is 1. The SMILES string of the molecule is CC(C)COCCOc1nc(Cl)ncc1N. The monoisotopic (exact) mass is 245 g/mol. The standard InChI is InChI=1S/C10H16ClN3O2/c1-7(2)6-15-3-4-16-9-8(12)5-13-10(11)14-9/h5,7H,3-4,6,12H2,1-2H3. The Morgan fingerprint density at radius 3 is 2.88 bits per heavy atom. The van der Waals surface area contributed by atoms with E-state index in [1.807, 2.05) is 0 Å². The Hall–Kier alpha value is -1.07. The Bertz CT molecular complexity index is 334. The first-order valence-electron chi connectivity index (χ1n) is 5.08. The van der Waals surface area contributed by atoms with Crippen LogP contribution < -0.4 is 10.5 Å². The van der Waals surface area contributed by atoms with Crippen LogP contribution in [0.1, 0.15) is 13.8 Å². The molecular formula is C10H16ClN3O2. The predicted molar refractivity (Wildman–Crippen MR) is 62.6 cm³/mol. The van der Waals surface area contributed by atoms with Crippen molar-refractivity contribution in [3.05, 3.63) is 11.5 Å². The number of ether oxygens (including phenoxy) is 2. The molecule has 0 fully saturated rings. The summed E-state index contributed by atoms with van der Waals surface area (Å²) >= 11 is 5.61. The molecule has 0 aromatic carbocycles. The highest BCUT2D eigenvalue weighted by Gasteiger charge is 2.04. The minimum Gasteiger partial charge on any atom is -0.474 e. The van der Waals surface area contributed by atoms with Crippen LogP contribution in [0.4, 0.5) is 5.69 Å². The maximum Gasteiger partial charge on any atom is 0.241 e. The highest BCUT2D eigenvalue weighted by Crippen LogP contribution is 2.18. The molecule has 1 aromatic rings. The van der Waals surface area contributed by atoms with Gasteiger partial charge in [0, 0.05) is 6.61 Å². The summed E-state index contributed by atoms with van der Waals surface area (Å²) < 4.78 is 10.7. The summed E-state index contributed by atoms with van der Waals surface area (Å²) in [5.41, 5.74) is 5.97. The normalized spacial score (nSPS) is 10.8. The summed E-state index contributed by atoms with van der Waals surface area (Å²) in [5.74, 6) is 0.812. The van der Waals surface area contributed by atoms with E-state index in [1.165, 1.54) is 6.20 Å². The first-order chi connectivity index (χ1) is 7.59. The second-order valence-corrected chi connectivity index (χ2v) is 4.05. The van der Waals surface area contributed by atoms with Gasteiger partial charge in [-0.2, -0.15) is 4.98 Å². The molecule has 1 heterocycles. The van der Waals surface area contributed by atoms with E-state index in [-0.39, 0.29) is 5.28 Å². The minimum absolute atomic E-state index is 0.118. The van der Waals surface area contributed by atoms with E-state index in [1.54, 1.807) is 0 Å². The van der Waals surface area contributed by atoms with E-state index in [9.17, 15) is 0 Å². The maximum atomic E-state index is 5.61. The molecular weight excluding hydrogens is 230 g/mol. The number of nitrogens with zero attached hydrogens (tertiary/aromatic N) is 2. The zero-order valence-corrected chi connectivity index (χ0v) is 10.2. The van der Waals surface area contributed by atoms with Crippen molar-refractivity contribution in [3.63, 3.8) is 0 Å². The molecule has 0 aliphatic heterocycles. The number of anilines is 1. The maximum absolute atomic E-state index is 5.61. The molecule has 1 rings (SSSR count). The van der Waals surface area contributed by atoms with Crippen molar-refractivity contribution in [2.24, 2.45) is 5.92 Å². The lowest BCUT2D eigenvalue weighted by Crippen LogP contribution is -2.11. The van der Waals surface area contributed by atoms with Gasteiger partial charge in [0.05, 0.1) is 12.8 Å². The van der Waals surface area contributed by atoms with E-state index < -0.39 is 0 Å². The molecule has 0 aliphatic carbocycles. The quantitative estimate of drug-likeness (QED) is 0.611. The number of nitrogen functional groups attached to an aromatic ring is 1. The Balaban J connectivity index is 2.29. The van der Waals surface area contributed by atoms with Gasteiger partial charge in [-0.25, -0.2) is 4.98 Å².